The van der Waals surface area contributed by atoms with Gasteiger partial charge in [-0.3, -0.25) is 9.59 Å². The lowest BCUT2D eigenvalue weighted by atomic mass is 9.95. The van der Waals surface area contributed by atoms with Crippen LogP contribution in [0, 0.1) is 0 Å². The van der Waals surface area contributed by atoms with Gasteiger partial charge in [-0.1, -0.05) is 48.5 Å². The number of Topliss-reactive ketones (excluding diaryl/α,β-unsaturated/α-hetero) is 1. The zero-order valence-electron chi connectivity index (χ0n) is 17.5. The van der Waals surface area contributed by atoms with Crippen LogP contribution in [0.25, 0.3) is 0 Å². The summed E-state index contributed by atoms with van der Waals surface area (Å²) >= 11 is 12.3. The predicted molar refractivity (Wildman–Crippen MR) is 118 cm³/mol. The maximum Gasteiger partial charge on any atom is 0.434 e. The molecule has 1 heterocycles. The summed E-state index contributed by atoms with van der Waals surface area (Å²) in [5.74, 6) is -0.796. The van der Waals surface area contributed by atoms with E-state index >= 15 is 0 Å². The highest BCUT2D eigenvalue weighted by Gasteiger charge is 2.26. The molecule has 1 aliphatic rings. The van der Waals surface area contributed by atoms with E-state index in [2.05, 4.69) is 10.4 Å². The van der Waals surface area contributed by atoms with E-state index in [1.54, 1.807) is 32.0 Å². The third kappa shape index (κ3) is 5.86. The molecule has 166 valence electrons. The zero-order chi connectivity index (χ0) is 22.5. The molecule has 2 aromatic rings. The predicted octanol–water partition coefficient (Wildman–Crippen LogP) is 5.07. The smallest absolute Gasteiger partial charge is 0.434 e. The van der Waals surface area contributed by atoms with Gasteiger partial charge in [-0.15, -0.1) is 0 Å². The van der Waals surface area contributed by atoms with Crippen LogP contribution >= 0.6 is 23.2 Å². The van der Waals surface area contributed by atoms with Crippen molar-refractivity contribution in [3.05, 3.63) is 51.3 Å². The maximum absolute atomic E-state index is 12.9. The average Bonchev–Trinajstić information content (AvgIpc) is 3.12. The number of ketones is 1. The monoisotopic (exact) mass is 465 g/mol. The minimum Gasteiger partial charge on any atom is -0.445 e. The van der Waals surface area contributed by atoms with Crippen LogP contribution in [0.3, 0.4) is 0 Å². The summed E-state index contributed by atoms with van der Waals surface area (Å²) in [7, 11) is 0. The second-order valence-electron chi connectivity index (χ2n) is 7.89. The van der Waals surface area contributed by atoms with E-state index < -0.39 is 12.0 Å². The fourth-order valence-electron chi connectivity index (χ4n) is 3.61. The molecular weight excluding hydrogens is 441 g/mol. The van der Waals surface area contributed by atoms with E-state index in [4.69, 9.17) is 27.9 Å². The summed E-state index contributed by atoms with van der Waals surface area (Å²) < 4.78 is 6.12. The Balaban J connectivity index is 1.89. The largest absolute Gasteiger partial charge is 0.445 e. The van der Waals surface area contributed by atoms with Crippen LogP contribution in [0.15, 0.2) is 24.4 Å². The number of carbonyl (C=O) groups is 3. The second kappa shape index (κ2) is 10.3. The third-order valence-electron chi connectivity index (χ3n) is 5.06. The van der Waals surface area contributed by atoms with Crippen molar-refractivity contribution in [1.29, 1.82) is 0 Å². The van der Waals surface area contributed by atoms with Crippen LogP contribution in [0.5, 0.6) is 0 Å². The molecule has 1 N–H and O–H groups in total. The number of aromatic nitrogens is 2. The normalized spacial score (nSPS) is 14.5. The van der Waals surface area contributed by atoms with Crippen molar-refractivity contribution in [2.75, 3.05) is 0 Å². The average molecular weight is 466 g/mol. The number of benzene rings is 1. The molecule has 1 saturated carbocycles. The van der Waals surface area contributed by atoms with Gasteiger partial charge in [0.2, 0.25) is 0 Å². The van der Waals surface area contributed by atoms with Crippen molar-refractivity contribution in [2.45, 2.75) is 64.5 Å². The second-order valence-corrected chi connectivity index (χ2v) is 8.70. The summed E-state index contributed by atoms with van der Waals surface area (Å²) in [4.78, 5) is 38.2. The Morgan fingerprint density at radius 3 is 2.42 bits per heavy atom. The summed E-state index contributed by atoms with van der Waals surface area (Å²) in [5, 5.41) is 7.55. The Morgan fingerprint density at radius 2 is 1.81 bits per heavy atom. The van der Waals surface area contributed by atoms with E-state index in [0.29, 0.717) is 5.56 Å². The molecule has 0 bridgehead atoms. The SMILES string of the molecule is CC(C)OC(=O)n1cc(CC(=O)c2c(Cl)cccc2Cl)c(C(=O)NC2CCCCC2)n1. The first kappa shape index (κ1) is 23.3. The number of nitrogens with zero attached hydrogens (tertiary/aromatic N) is 2. The summed E-state index contributed by atoms with van der Waals surface area (Å²) in [5.41, 5.74) is 0.486. The van der Waals surface area contributed by atoms with E-state index in [1.165, 1.54) is 6.20 Å². The molecule has 31 heavy (non-hydrogen) atoms. The van der Waals surface area contributed by atoms with Crippen molar-refractivity contribution in [3.63, 3.8) is 0 Å². The van der Waals surface area contributed by atoms with Crippen molar-refractivity contribution in [2.24, 2.45) is 0 Å². The van der Waals surface area contributed by atoms with Crippen molar-refractivity contribution >= 4 is 41.0 Å². The van der Waals surface area contributed by atoms with Crippen molar-refractivity contribution in [1.82, 2.24) is 15.1 Å². The molecule has 0 unspecified atom stereocenters. The molecule has 3 rings (SSSR count). The van der Waals surface area contributed by atoms with Crippen LogP contribution in [-0.2, 0) is 11.2 Å². The Morgan fingerprint density at radius 1 is 1.16 bits per heavy atom. The first-order valence-corrected chi connectivity index (χ1v) is 11.1. The van der Waals surface area contributed by atoms with Gasteiger partial charge in [0.15, 0.2) is 11.5 Å². The number of nitrogens with one attached hydrogen (secondary N) is 1. The van der Waals surface area contributed by atoms with E-state index in [9.17, 15) is 14.4 Å². The van der Waals surface area contributed by atoms with Crippen molar-refractivity contribution in [3.8, 4) is 0 Å². The third-order valence-corrected chi connectivity index (χ3v) is 5.69. The van der Waals surface area contributed by atoms with Gasteiger partial charge in [0.1, 0.15) is 0 Å². The minimum atomic E-state index is -0.726. The van der Waals surface area contributed by atoms with Gasteiger partial charge >= 0.3 is 6.09 Å². The molecule has 1 aromatic heterocycles. The highest BCUT2D eigenvalue weighted by Crippen LogP contribution is 2.26. The lowest BCUT2D eigenvalue weighted by Gasteiger charge is -2.22. The molecule has 1 aliphatic carbocycles. The highest BCUT2D eigenvalue weighted by atomic mass is 35.5. The summed E-state index contributed by atoms with van der Waals surface area (Å²) in [6.07, 6.45) is 5.12. The van der Waals surface area contributed by atoms with Gasteiger partial charge < -0.3 is 10.1 Å². The van der Waals surface area contributed by atoms with Crippen LogP contribution in [0.1, 0.15) is 72.4 Å². The highest BCUT2D eigenvalue weighted by molar-refractivity contribution is 6.39. The lowest BCUT2D eigenvalue weighted by molar-refractivity contribution is 0.0920. The fraction of sp³-hybridized carbons (Fsp3) is 0.455. The van der Waals surface area contributed by atoms with Crippen LogP contribution in [0.4, 0.5) is 4.79 Å². The molecule has 0 atom stereocenters. The van der Waals surface area contributed by atoms with Gasteiger partial charge in [0.25, 0.3) is 5.91 Å². The Labute approximate surface area is 191 Å². The van der Waals surface area contributed by atoms with E-state index in [-0.39, 0.29) is 45.7 Å². The number of halogens is 2. The molecule has 0 aliphatic heterocycles. The quantitative estimate of drug-likeness (QED) is 0.601. The first-order valence-electron chi connectivity index (χ1n) is 10.3. The molecule has 0 saturated heterocycles. The van der Waals surface area contributed by atoms with Gasteiger partial charge in [-0.25, -0.2) is 4.79 Å². The number of ether oxygens (including phenoxy) is 1. The van der Waals surface area contributed by atoms with E-state index in [1.807, 2.05) is 0 Å². The molecule has 1 aromatic carbocycles. The number of hydrogen-bond donors (Lipinski definition) is 1. The van der Waals surface area contributed by atoms with E-state index in [0.717, 1.165) is 36.8 Å². The molecule has 9 heteroatoms. The Kier molecular flexibility index (Phi) is 7.73. The topological polar surface area (TPSA) is 90.3 Å². The molecule has 0 radical (unpaired) electrons. The molecule has 0 spiro atoms. The minimum absolute atomic E-state index is 0.0165. The van der Waals surface area contributed by atoms with Gasteiger partial charge in [-0.05, 0) is 38.8 Å². The fourth-order valence-corrected chi connectivity index (χ4v) is 4.21. The summed E-state index contributed by atoms with van der Waals surface area (Å²) in [6, 6.07) is 4.84. The Hall–Kier alpha value is -2.38. The maximum atomic E-state index is 12.9. The first-order chi connectivity index (χ1) is 14.8. The molecule has 1 amide bonds. The zero-order valence-corrected chi connectivity index (χ0v) is 19.0. The van der Waals surface area contributed by atoms with Gasteiger partial charge in [0, 0.05) is 24.2 Å². The number of rotatable bonds is 6. The number of amides is 1. The number of carbonyl (C=O) groups excluding carboxylic acids is 3. The molecule has 7 nitrogen and oxygen atoms in total. The van der Waals surface area contributed by atoms with Gasteiger partial charge in [-0.2, -0.15) is 9.78 Å². The van der Waals surface area contributed by atoms with Gasteiger partial charge in [0.05, 0.1) is 21.7 Å². The number of hydrogen-bond acceptors (Lipinski definition) is 5. The van der Waals surface area contributed by atoms with Crippen LogP contribution in [-0.4, -0.2) is 39.7 Å². The lowest BCUT2D eigenvalue weighted by Crippen LogP contribution is -2.37. The van der Waals surface area contributed by atoms with Crippen molar-refractivity contribution < 1.29 is 19.1 Å². The molecule has 1 fully saturated rings. The molecular formula is C22H25Cl2N3O4. The van der Waals surface area contributed by atoms with Crippen LogP contribution in [0.2, 0.25) is 10.0 Å². The van der Waals surface area contributed by atoms with Crippen LogP contribution < -0.4 is 5.32 Å². The standard InChI is InChI=1S/C22H25Cl2N3O4/c1-13(2)31-22(30)27-12-14(11-18(28)19-16(23)9-6-10-17(19)24)20(26-27)21(29)25-15-7-4-3-5-8-15/h6,9-10,12-13,15H,3-5,7-8,11H2,1-2H3,(H,25,29). The summed E-state index contributed by atoms with van der Waals surface area (Å²) in [6.45, 7) is 3.42. The Bertz CT molecular complexity index is 961.